The SMILES string of the molecule is CCCC[C@@H](CC)C(=O)N1CCS[C@H]1c1ccccc1C(F)(F)F. The number of amides is 1. The van der Waals surface area contributed by atoms with Crippen molar-refractivity contribution >= 4 is 17.7 Å². The Morgan fingerprint density at radius 2 is 2.04 bits per heavy atom. The fourth-order valence-corrected chi connectivity index (χ4v) is 4.41. The lowest BCUT2D eigenvalue weighted by Crippen LogP contribution is -2.36. The van der Waals surface area contributed by atoms with E-state index in [9.17, 15) is 18.0 Å². The number of carbonyl (C=O) groups is 1. The number of hydrogen-bond acceptors (Lipinski definition) is 2. The maximum absolute atomic E-state index is 13.3. The van der Waals surface area contributed by atoms with Gasteiger partial charge in [0, 0.05) is 18.2 Å². The van der Waals surface area contributed by atoms with E-state index in [0.717, 1.165) is 31.7 Å². The summed E-state index contributed by atoms with van der Waals surface area (Å²) in [6, 6.07) is 5.61. The molecule has 0 spiro atoms. The summed E-state index contributed by atoms with van der Waals surface area (Å²) in [5.41, 5.74) is -0.435. The standard InChI is InChI=1S/C18H24F3NOS/c1-3-5-8-13(4-2)16(23)22-11-12-24-17(22)14-9-6-7-10-15(14)18(19,20)21/h6-7,9-10,13,17H,3-5,8,11-12H2,1-2H3/t13-,17+/m1/s1. The normalized spacial score (nSPS) is 19.5. The van der Waals surface area contributed by atoms with Crippen molar-refractivity contribution in [2.45, 2.75) is 51.1 Å². The monoisotopic (exact) mass is 359 g/mol. The van der Waals surface area contributed by atoms with E-state index in [1.165, 1.54) is 23.9 Å². The van der Waals surface area contributed by atoms with Gasteiger partial charge in [-0.15, -0.1) is 11.8 Å². The summed E-state index contributed by atoms with van der Waals surface area (Å²) in [6.07, 6.45) is -0.886. The number of rotatable bonds is 6. The molecule has 0 aromatic heterocycles. The van der Waals surface area contributed by atoms with E-state index in [2.05, 4.69) is 6.92 Å². The summed E-state index contributed by atoms with van der Waals surface area (Å²) >= 11 is 1.42. The average Bonchev–Trinajstić information content (AvgIpc) is 3.04. The number of hydrogen-bond donors (Lipinski definition) is 0. The summed E-state index contributed by atoms with van der Waals surface area (Å²) in [7, 11) is 0. The Balaban J connectivity index is 2.27. The van der Waals surface area contributed by atoms with Gasteiger partial charge in [0.15, 0.2) is 0 Å². The van der Waals surface area contributed by atoms with Crippen molar-refractivity contribution in [1.82, 2.24) is 4.90 Å². The molecule has 2 atom stereocenters. The van der Waals surface area contributed by atoms with Crippen molar-refractivity contribution in [3.05, 3.63) is 35.4 Å². The van der Waals surface area contributed by atoms with Gasteiger partial charge in [-0.25, -0.2) is 0 Å². The van der Waals surface area contributed by atoms with Crippen LogP contribution in [-0.2, 0) is 11.0 Å². The van der Waals surface area contributed by atoms with Gasteiger partial charge in [-0.2, -0.15) is 13.2 Å². The van der Waals surface area contributed by atoms with Crippen molar-refractivity contribution in [2.24, 2.45) is 5.92 Å². The number of thioether (sulfide) groups is 1. The van der Waals surface area contributed by atoms with Crippen molar-refractivity contribution in [3.8, 4) is 0 Å². The van der Waals surface area contributed by atoms with Crippen LogP contribution in [0.25, 0.3) is 0 Å². The summed E-state index contributed by atoms with van der Waals surface area (Å²) in [5.74, 6) is 0.578. The zero-order valence-electron chi connectivity index (χ0n) is 14.1. The second-order valence-corrected chi connectivity index (χ2v) is 7.28. The predicted octanol–water partition coefficient (Wildman–Crippen LogP) is 5.50. The molecule has 134 valence electrons. The lowest BCUT2D eigenvalue weighted by molar-refractivity contribution is -0.141. The molecule has 0 unspecified atom stereocenters. The van der Waals surface area contributed by atoms with Gasteiger partial charge >= 0.3 is 6.18 Å². The average molecular weight is 359 g/mol. The number of alkyl halides is 3. The molecule has 1 aromatic carbocycles. The quantitative estimate of drug-likeness (QED) is 0.669. The first-order valence-electron chi connectivity index (χ1n) is 8.48. The number of nitrogens with zero attached hydrogens (tertiary/aromatic N) is 1. The molecule has 0 saturated carbocycles. The predicted molar refractivity (Wildman–Crippen MR) is 91.7 cm³/mol. The van der Waals surface area contributed by atoms with Crippen LogP contribution in [0.1, 0.15) is 56.0 Å². The molecule has 1 saturated heterocycles. The molecule has 0 aliphatic carbocycles. The largest absolute Gasteiger partial charge is 0.416 e. The minimum atomic E-state index is -4.40. The van der Waals surface area contributed by atoms with E-state index in [1.54, 1.807) is 11.0 Å². The van der Waals surface area contributed by atoms with Gasteiger partial charge in [0.2, 0.25) is 5.91 Å². The Hall–Kier alpha value is -1.17. The molecular weight excluding hydrogens is 335 g/mol. The first-order valence-corrected chi connectivity index (χ1v) is 9.53. The molecule has 0 bridgehead atoms. The Labute approximate surface area is 145 Å². The molecule has 0 radical (unpaired) electrons. The van der Waals surface area contributed by atoms with Gasteiger partial charge in [-0.1, -0.05) is 44.9 Å². The fourth-order valence-electron chi connectivity index (χ4n) is 3.11. The second-order valence-electron chi connectivity index (χ2n) is 6.09. The van der Waals surface area contributed by atoms with Crippen LogP contribution in [0.2, 0.25) is 0 Å². The maximum Gasteiger partial charge on any atom is 0.416 e. The highest BCUT2D eigenvalue weighted by Gasteiger charge is 2.40. The van der Waals surface area contributed by atoms with Crippen LogP contribution in [0.5, 0.6) is 0 Å². The van der Waals surface area contributed by atoms with Gasteiger partial charge in [0.05, 0.1) is 5.56 Å². The van der Waals surface area contributed by atoms with E-state index in [1.807, 2.05) is 6.92 Å². The molecule has 1 aliphatic rings. The molecule has 0 N–H and O–H groups in total. The molecule has 1 aromatic rings. The van der Waals surface area contributed by atoms with Crippen LogP contribution in [0, 0.1) is 5.92 Å². The first kappa shape index (κ1) is 19.2. The Bertz CT molecular complexity index is 561. The van der Waals surface area contributed by atoms with Crippen molar-refractivity contribution in [2.75, 3.05) is 12.3 Å². The van der Waals surface area contributed by atoms with Crippen LogP contribution >= 0.6 is 11.8 Å². The van der Waals surface area contributed by atoms with Gasteiger partial charge in [-0.05, 0) is 24.5 Å². The first-order chi connectivity index (χ1) is 11.4. The minimum Gasteiger partial charge on any atom is -0.325 e. The minimum absolute atomic E-state index is 0.00192. The molecular formula is C18H24F3NOS. The number of carbonyl (C=O) groups excluding carboxylic acids is 1. The van der Waals surface area contributed by atoms with E-state index in [0.29, 0.717) is 12.3 Å². The number of benzene rings is 1. The maximum atomic E-state index is 13.3. The van der Waals surface area contributed by atoms with Gasteiger partial charge < -0.3 is 4.90 Å². The van der Waals surface area contributed by atoms with E-state index < -0.39 is 17.1 Å². The van der Waals surface area contributed by atoms with E-state index >= 15 is 0 Å². The molecule has 6 heteroatoms. The molecule has 2 nitrogen and oxygen atoms in total. The summed E-state index contributed by atoms with van der Waals surface area (Å²) in [4.78, 5) is 14.5. The van der Waals surface area contributed by atoms with Crippen molar-refractivity contribution in [1.29, 1.82) is 0 Å². The van der Waals surface area contributed by atoms with Crippen LogP contribution < -0.4 is 0 Å². The molecule has 1 heterocycles. The molecule has 2 rings (SSSR count). The summed E-state index contributed by atoms with van der Waals surface area (Å²) < 4.78 is 39.9. The summed E-state index contributed by atoms with van der Waals surface area (Å²) in [6.45, 7) is 4.56. The van der Waals surface area contributed by atoms with Gasteiger partial charge in [0.1, 0.15) is 5.37 Å². The third kappa shape index (κ3) is 4.26. The topological polar surface area (TPSA) is 20.3 Å². The molecule has 24 heavy (non-hydrogen) atoms. The lowest BCUT2D eigenvalue weighted by Gasteiger charge is -2.29. The number of unbranched alkanes of at least 4 members (excludes halogenated alkanes) is 1. The van der Waals surface area contributed by atoms with Crippen molar-refractivity contribution < 1.29 is 18.0 Å². The van der Waals surface area contributed by atoms with Crippen LogP contribution in [0.4, 0.5) is 13.2 Å². The highest BCUT2D eigenvalue weighted by Crippen LogP contribution is 2.44. The van der Waals surface area contributed by atoms with Gasteiger partial charge in [-0.3, -0.25) is 4.79 Å². The third-order valence-electron chi connectivity index (χ3n) is 4.45. The zero-order valence-corrected chi connectivity index (χ0v) is 14.9. The Kier molecular flexibility index (Phi) is 6.61. The van der Waals surface area contributed by atoms with Crippen molar-refractivity contribution in [3.63, 3.8) is 0 Å². The number of halogens is 3. The summed E-state index contributed by atoms with van der Waals surface area (Å²) in [5, 5.41) is -0.536. The Morgan fingerprint density at radius 3 is 2.67 bits per heavy atom. The second kappa shape index (κ2) is 8.28. The highest BCUT2D eigenvalue weighted by molar-refractivity contribution is 7.99. The van der Waals surface area contributed by atoms with Crippen LogP contribution in [0.15, 0.2) is 24.3 Å². The Morgan fingerprint density at radius 1 is 1.33 bits per heavy atom. The van der Waals surface area contributed by atoms with Crippen LogP contribution in [0.3, 0.4) is 0 Å². The smallest absolute Gasteiger partial charge is 0.325 e. The van der Waals surface area contributed by atoms with Crippen LogP contribution in [-0.4, -0.2) is 23.1 Å². The molecule has 1 fully saturated rings. The zero-order chi connectivity index (χ0) is 17.7. The van der Waals surface area contributed by atoms with E-state index in [4.69, 9.17) is 0 Å². The third-order valence-corrected chi connectivity index (χ3v) is 5.70. The fraction of sp³-hybridized carbons (Fsp3) is 0.611. The van der Waals surface area contributed by atoms with E-state index in [-0.39, 0.29) is 17.4 Å². The molecule has 1 aliphatic heterocycles. The van der Waals surface area contributed by atoms with Gasteiger partial charge in [0.25, 0.3) is 0 Å². The highest BCUT2D eigenvalue weighted by atomic mass is 32.2. The lowest BCUT2D eigenvalue weighted by atomic mass is 9.97. The molecule has 1 amide bonds.